The smallest absolute Gasteiger partial charge is 0.128 e. The van der Waals surface area contributed by atoms with Crippen molar-refractivity contribution in [3.8, 4) is 6.07 Å². The first kappa shape index (κ1) is 13.4. The Balaban J connectivity index is 2.22. The van der Waals surface area contributed by atoms with Gasteiger partial charge in [0.1, 0.15) is 5.82 Å². The Bertz CT molecular complexity index is 634. The Hall–Kier alpha value is -2.05. The van der Waals surface area contributed by atoms with Crippen LogP contribution in [0.3, 0.4) is 0 Å². The van der Waals surface area contributed by atoms with E-state index in [4.69, 9.17) is 16.9 Å². The van der Waals surface area contributed by atoms with Crippen LogP contribution in [0.5, 0.6) is 0 Å². The Kier molecular flexibility index (Phi) is 4.03. The van der Waals surface area contributed by atoms with E-state index in [0.717, 1.165) is 0 Å². The van der Waals surface area contributed by atoms with Crippen LogP contribution in [0, 0.1) is 17.1 Å². The summed E-state index contributed by atoms with van der Waals surface area (Å²) in [6.45, 7) is 1.85. The number of halogens is 2. The lowest BCUT2D eigenvalue weighted by Crippen LogP contribution is -2.08. The molecule has 0 aromatic heterocycles. The van der Waals surface area contributed by atoms with E-state index in [9.17, 15) is 4.39 Å². The molecular formula is C15H12ClFN2. The largest absolute Gasteiger partial charge is 0.377 e. The molecule has 4 heteroatoms. The lowest BCUT2D eigenvalue weighted by molar-refractivity contribution is 0.600. The number of benzene rings is 2. The molecule has 0 aliphatic carbocycles. The van der Waals surface area contributed by atoms with Gasteiger partial charge in [-0.05, 0) is 31.2 Å². The quantitative estimate of drug-likeness (QED) is 0.893. The monoisotopic (exact) mass is 274 g/mol. The van der Waals surface area contributed by atoms with E-state index in [1.54, 1.807) is 36.4 Å². The maximum Gasteiger partial charge on any atom is 0.128 e. The summed E-state index contributed by atoms with van der Waals surface area (Å²) in [7, 11) is 0. The molecule has 0 radical (unpaired) electrons. The molecule has 2 aromatic rings. The van der Waals surface area contributed by atoms with Gasteiger partial charge in [0, 0.05) is 5.56 Å². The zero-order chi connectivity index (χ0) is 13.8. The average molecular weight is 275 g/mol. The van der Waals surface area contributed by atoms with Gasteiger partial charge in [0.25, 0.3) is 0 Å². The molecule has 1 atom stereocenters. The first-order valence-electron chi connectivity index (χ1n) is 5.82. The van der Waals surface area contributed by atoms with Crippen molar-refractivity contribution in [2.75, 3.05) is 5.32 Å². The fourth-order valence-corrected chi connectivity index (χ4v) is 2.07. The van der Waals surface area contributed by atoms with E-state index < -0.39 is 0 Å². The van der Waals surface area contributed by atoms with Crippen LogP contribution < -0.4 is 5.32 Å². The number of hydrogen-bond acceptors (Lipinski definition) is 2. The minimum Gasteiger partial charge on any atom is -0.377 e. The molecule has 2 aromatic carbocycles. The molecule has 96 valence electrons. The van der Waals surface area contributed by atoms with E-state index >= 15 is 0 Å². The van der Waals surface area contributed by atoms with Crippen molar-refractivity contribution in [2.45, 2.75) is 13.0 Å². The molecule has 0 aliphatic rings. The zero-order valence-electron chi connectivity index (χ0n) is 10.3. The maximum absolute atomic E-state index is 13.6. The van der Waals surface area contributed by atoms with Crippen LogP contribution in [0.4, 0.5) is 10.1 Å². The van der Waals surface area contributed by atoms with Crippen molar-refractivity contribution in [2.24, 2.45) is 0 Å². The van der Waals surface area contributed by atoms with Crippen LogP contribution in [0.15, 0.2) is 42.5 Å². The summed E-state index contributed by atoms with van der Waals surface area (Å²) in [5, 5.41) is 12.4. The number of nitriles is 1. The van der Waals surface area contributed by atoms with Gasteiger partial charge in [-0.25, -0.2) is 4.39 Å². The molecule has 1 N–H and O–H groups in total. The lowest BCUT2D eigenvalue weighted by Gasteiger charge is -2.17. The Morgan fingerprint density at radius 3 is 2.63 bits per heavy atom. The molecule has 0 spiro atoms. The maximum atomic E-state index is 13.6. The fourth-order valence-electron chi connectivity index (χ4n) is 1.84. The summed E-state index contributed by atoms with van der Waals surface area (Å²) < 4.78 is 13.6. The normalized spacial score (nSPS) is 11.7. The Morgan fingerprint density at radius 2 is 2.00 bits per heavy atom. The first-order valence-corrected chi connectivity index (χ1v) is 6.20. The molecular weight excluding hydrogens is 263 g/mol. The summed E-state index contributed by atoms with van der Waals surface area (Å²) in [6.07, 6.45) is 0. The SMILES string of the molecule is CC(Nc1ccc(C#N)cc1Cl)c1ccccc1F. The van der Waals surface area contributed by atoms with Gasteiger partial charge in [-0.3, -0.25) is 0 Å². The summed E-state index contributed by atoms with van der Waals surface area (Å²) >= 11 is 6.07. The van der Waals surface area contributed by atoms with Crippen LogP contribution in [0.2, 0.25) is 5.02 Å². The van der Waals surface area contributed by atoms with Crippen LogP contribution in [0.25, 0.3) is 0 Å². The van der Waals surface area contributed by atoms with E-state index in [0.29, 0.717) is 21.8 Å². The number of anilines is 1. The number of hydrogen-bond donors (Lipinski definition) is 1. The third-order valence-electron chi connectivity index (χ3n) is 2.84. The van der Waals surface area contributed by atoms with Gasteiger partial charge in [-0.15, -0.1) is 0 Å². The molecule has 0 amide bonds. The van der Waals surface area contributed by atoms with E-state index in [1.165, 1.54) is 6.07 Å². The first-order chi connectivity index (χ1) is 9.11. The van der Waals surface area contributed by atoms with Crippen LogP contribution in [-0.2, 0) is 0 Å². The van der Waals surface area contributed by atoms with Crippen LogP contribution >= 0.6 is 11.6 Å². The van der Waals surface area contributed by atoms with Gasteiger partial charge >= 0.3 is 0 Å². The average Bonchev–Trinajstić information content (AvgIpc) is 2.41. The van der Waals surface area contributed by atoms with E-state index in [2.05, 4.69) is 5.32 Å². The zero-order valence-corrected chi connectivity index (χ0v) is 11.1. The van der Waals surface area contributed by atoms with Crippen molar-refractivity contribution in [3.63, 3.8) is 0 Å². The minimum absolute atomic E-state index is 0.216. The Morgan fingerprint density at radius 1 is 1.26 bits per heavy atom. The van der Waals surface area contributed by atoms with Gasteiger partial charge in [-0.2, -0.15) is 5.26 Å². The van der Waals surface area contributed by atoms with Crippen molar-refractivity contribution in [1.82, 2.24) is 0 Å². The molecule has 0 fully saturated rings. The molecule has 0 saturated heterocycles. The van der Waals surface area contributed by atoms with Crippen molar-refractivity contribution in [1.29, 1.82) is 5.26 Å². The van der Waals surface area contributed by atoms with Crippen molar-refractivity contribution < 1.29 is 4.39 Å². The summed E-state index contributed by atoms with van der Waals surface area (Å²) in [6, 6.07) is 13.4. The third-order valence-corrected chi connectivity index (χ3v) is 3.15. The topological polar surface area (TPSA) is 35.8 Å². The fraction of sp³-hybridized carbons (Fsp3) is 0.133. The highest BCUT2D eigenvalue weighted by atomic mass is 35.5. The van der Waals surface area contributed by atoms with Crippen LogP contribution in [-0.4, -0.2) is 0 Å². The molecule has 0 aliphatic heterocycles. The van der Waals surface area contributed by atoms with Crippen molar-refractivity contribution >= 4 is 17.3 Å². The Labute approximate surface area is 116 Å². The highest BCUT2D eigenvalue weighted by Gasteiger charge is 2.11. The number of nitrogens with one attached hydrogen (secondary N) is 1. The molecule has 2 nitrogen and oxygen atoms in total. The second-order valence-electron chi connectivity index (χ2n) is 4.19. The lowest BCUT2D eigenvalue weighted by atomic mass is 10.1. The summed E-state index contributed by atoms with van der Waals surface area (Å²) in [4.78, 5) is 0. The number of nitrogens with zero attached hydrogens (tertiary/aromatic N) is 1. The highest BCUT2D eigenvalue weighted by Crippen LogP contribution is 2.27. The van der Waals surface area contributed by atoms with Crippen molar-refractivity contribution in [3.05, 3.63) is 64.4 Å². The summed E-state index contributed by atoms with van der Waals surface area (Å²) in [5.74, 6) is -0.257. The standard InChI is InChI=1S/C15H12ClFN2/c1-10(12-4-2-3-5-14(12)17)19-15-7-6-11(9-18)8-13(15)16/h2-8,10,19H,1H3. The van der Waals surface area contributed by atoms with Crippen LogP contribution in [0.1, 0.15) is 24.1 Å². The molecule has 0 heterocycles. The second-order valence-corrected chi connectivity index (χ2v) is 4.60. The molecule has 0 saturated carbocycles. The summed E-state index contributed by atoms with van der Waals surface area (Å²) in [5.41, 5.74) is 1.74. The van der Waals surface area contributed by atoms with E-state index in [1.807, 2.05) is 13.0 Å². The predicted molar refractivity (Wildman–Crippen MR) is 74.6 cm³/mol. The van der Waals surface area contributed by atoms with Gasteiger partial charge in [0.05, 0.1) is 28.4 Å². The number of rotatable bonds is 3. The highest BCUT2D eigenvalue weighted by molar-refractivity contribution is 6.33. The van der Waals surface area contributed by atoms with Gasteiger partial charge in [0.15, 0.2) is 0 Å². The molecule has 1 unspecified atom stereocenters. The molecule has 2 rings (SSSR count). The predicted octanol–water partition coefficient (Wildman–Crippen LogP) is 4.52. The molecule has 19 heavy (non-hydrogen) atoms. The van der Waals surface area contributed by atoms with Gasteiger partial charge < -0.3 is 5.32 Å². The minimum atomic E-state index is -0.257. The van der Waals surface area contributed by atoms with Gasteiger partial charge in [0.2, 0.25) is 0 Å². The molecule has 0 bridgehead atoms. The second kappa shape index (κ2) is 5.73. The van der Waals surface area contributed by atoms with Gasteiger partial charge in [-0.1, -0.05) is 29.8 Å². The van der Waals surface area contributed by atoms with E-state index in [-0.39, 0.29) is 11.9 Å². The third kappa shape index (κ3) is 3.04.